The van der Waals surface area contributed by atoms with Crippen LogP contribution in [-0.4, -0.2) is 42.2 Å². The molecule has 1 aliphatic heterocycles. The van der Waals surface area contributed by atoms with Gasteiger partial charge in [0.15, 0.2) is 6.29 Å². The van der Waals surface area contributed by atoms with Crippen molar-refractivity contribution >= 4 is 6.29 Å². The van der Waals surface area contributed by atoms with Crippen LogP contribution in [0, 0.1) is 0 Å². The maximum Gasteiger partial charge on any atom is 0.258 e. The number of carbonyl (C=O) groups is 1. The van der Waals surface area contributed by atoms with E-state index in [1.165, 1.54) is 12.3 Å². The summed E-state index contributed by atoms with van der Waals surface area (Å²) in [6.45, 7) is 0.546. The maximum absolute atomic E-state index is 13.9. The van der Waals surface area contributed by atoms with Crippen LogP contribution in [0.2, 0.25) is 0 Å². The second-order valence-electron chi connectivity index (χ2n) is 4.66. The average Bonchev–Trinajstić information content (AvgIpc) is 2.33. The number of nitrogens with zero attached hydrogens (tertiary/aromatic N) is 1. The molecule has 0 aromatic carbocycles. The molecule has 1 unspecified atom stereocenters. The lowest BCUT2D eigenvalue weighted by Gasteiger charge is -2.36. The Hall–Kier alpha value is -1.56. The van der Waals surface area contributed by atoms with Crippen molar-refractivity contribution in [3.8, 4) is 0 Å². The first-order valence-corrected chi connectivity index (χ1v) is 5.68. The van der Waals surface area contributed by atoms with Gasteiger partial charge in [-0.05, 0) is 18.7 Å². The molecule has 1 aromatic rings. The van der Waals surface area contributed by atoms with Crippen molar-refractivity contribution < 1.29 is 13.6 Å². The fourth-order valence-corrected chi connectivity index (χ4v) is 2.21. The number of hydrogen-bond acceptors (Lipinski definition) is 3. The zero-order valence-corrected chi connectivity index (χ0v) is 9.95. The Morgan fingerprint density at radius 2 is 2.28 bits per heavy atom. The van der Waals surface area contributed by atoms with Crippen LogP contribution in [0.3, 0.4) is 0 Å². The van der Waals surface area contributed by atoms with Crippen molar-refractivity contribution in [2.24, 2.45) is 0 Å². The standard InChI is InChI=1S/C12H14F2N2O2/c1-16-3-2-12(13,14)10(6-16)8-4-9(7-17)11(18)15-5-8/h4-5,7,10H,2-3,6H2,1H3,(H,15,18). The van der Waals surface area contributed by atoms with Crippen LogP contribution in [0.4, 0.5) is 8.78 Å². The van der Waals surface area contributed by atoms with Crippen LogP contribution in [0.5, 0.6) is 0 Å². The first-order chi connectivity index (χ1) is 8.44. The number of carbonyl (C=O) groups excluding carboxylic acids is 1. The highest BCUT2D eigenvalue weighted by molar-refractivity contribution is 5.74. The number of aldehydes is 1. The Labute approximate surface area is 103 Å². The number of aromatic amines is 1. The maximum atomic E-state index is 13.9. The lowest BCUT2D eigenvalue weighted by atomic mass is 9.87. The van der Waals surface area contributed by atoms with Crippen LogP contribution in [0.15, 0.2) is 17.1 Å². The van der Waals surface area contributed by atoms with Gasteiger partial charge in [-0.3, -0.25) is 9.59 Å². The number of pyridine rings is 1. The zero-order chi connectivity index (χ0) is 13.3. The predicted octanol–water partition coefficient (Wildman–Crippen LogP) is 1.24. The summed E-state index contributed by atoms with van der Waals surface area (Å²) in [6, 6.07) is 1.25. The third-order valence-corrected chi connectivity index (χ3v) is 3.31. The van der Waals surface area contributed by atoms with Crippen molar-refractivity contribution in [1.29, 1.82) is 0 Å². The molecule has 2 rings (SSSR count). The molecular formula is C12H14F2N2O2. The number of nitrogens with one attached hydrogen (secondary N) is 1. The van der Waals surface area contributed by atoms with Gasteiger partial charge in [0.05, 0.1) is 11.5 Å². The van der Waals surface area contributed by atoms with E-state index in [4.69, 9.17) is 0 Å². The highest BCUT2D eigenvalue weighted by Gasteiger charge is 2.44. The van der Waals surface area contributed by atoms with Crippen molar-refractivity contribution in [3.05, 3.63) is 33.7 Å². The quantitative estimate of drug-likeness (QED) is 0.810. The summed E-state index contributed by atoms with van der Waals surface area (Å²) in [7, 11) is 1.77. The Morgan fingerprint density at radius 1 is 1.56 bits per heavy atom. The van der Waals surface area contributed by atoms with Crippen LogP contribution in [0.1, 0.15) is 28.3 Å². The highest BCUT2D eigenvalue weighted by Crippen LogP contribution is 2.39. The number of halogens is 2. The van der Waals surface area contributed by atoms with Gasteiger partial charge in [0.25, 0.3) is 11.5 Å². The second-order valence-corrected chi connectivity index (χ2v) is 4.66. The van der Waals surface area contributed by atoms with Gasteiger partial charge in [-0.1, -0.05) is 0 Å². The second kappa shape index (κ2) is 4.61. The number of hydrogen-bond donors (Lipinski definition) is 1. The van der Waals surface area contributed by atoms with Gasteiger partial charge in [0, 0.05) is 25.7 Å². The molecule has 0 spiro atoms. The largest absolute Gasteiger partial charge is 0.328 e. The summed E-state index contributed by atoms with van der Waals surface area (Å²) in [5.74, 6) is -3.81. The average molecular weight is 256 g/mol. The minimum atomic E-state index is -2.81. The van der Waals surface area contributed by atoms with E-state index in [1.54, 1.807) is 7.05 Å². The van der Waals surface area contributed by atoms with E-state index in [0.717, 1.165) is 0 Å². The van der Waals surface area contributed by atoms with Crippen molar-refractivity contribution in [2.75, 3.05) is 20.1 Å². The van der Waals surface area contributed by atoms with Crippen LogP contribution >= 0.6 is 0 Å². The Balaban J connectivity index is 2.40. The minimum absolute atomic E-state index is 0.114. The molecule has 1 N–H and O–H groups in total. The third-order valence-electron chi connectivity index (χ3n) is 3.31. The molecule has 6 heteroatoms. The molecule has 1 aromatic heterocycles. The molecule has 98 valence electrons. The molecule has 0 aliphatic carbocycles. The number of aromatic nitrogens is 1. The fourth-order valence-electron chi connectivity index (χ4n) is 2.21. The van der Waals surface area contributed by atoms with Gasteiger partial charge in [-0.2, -0.15) is 0 Å². The number of H-pyrrole nitrogens is 1. The number of likely N-dealkylation sites (N-methyl/N-ethyl adjacent to an activating group) is 1. The molecule has 0 radical (unpaired) electrons. The van der Waals surface area contributed by atoms with Crippen molar-refractivity contribution in [2.45, 2.75) is 18.3 Å². The van der Waals surface area contributed by atoms with Gasteiger partial charge in [0.1, 0.15) is 0 Å². The molecule has 4 nitrogen and oxygen atoms in total. The van der Waals surface area contributed by atoms with Crippen molar-refractivity contribution in [3.63, 3.8) is 0 Å². The lowest BCUT2D eigenvalue weighted by molar-refractivity contribution is -0.0713. The van der Waals surface area contributed by atoms with Gasteiger partial charge in [0.2, 0.25) is 0 Å². The van der Waals surface area contributed by atoms with Crippen LogP contribution in [0.25, 0.3) is 0 Å². The summed E-state index contributed by atoms with van der Waals surface area (Å²) >= 11 is 0. The van der Waals surface area contributed by atoms with E-state index < -0.39 is 17.4 Å². The minimum Gasteiger partial charge on any atom is -0.328 e. The summed E-state index contributed by atoms with van der Waals surface area (Å²) in [6.07, 6.45) is 1.43. The number of alkyl halides is 2. The van der Waals surface area contributed by atoms with E-state index in [1.807, 2.05) is 4.90 Å². The number of rotatable bonds is 2. The monoisotopic (exact) mass is 256 g/mol. The predicted molar refractivity (Wildman–Crippen MR) is 62.3 cm³/mol. The Bertz CT molecular complexity index is 513. The zero-order valence-electron chi connectivity index (χ0n) is 9.95. The fraction of sp³-hybridized carbons (Fsp3) is 0.500. The topological polar surface area (TPSA) is 53.2 Å². The molecule has 0 bridgehead atoms. The molecule has 0 amide bonds. The summed E-state index contributed by atoms with van der Waals surface area (Å²) < 4.78 is 27.7. The highest BCUT2D eigenvalue weighted by atomic mass is 19.3. The summed E-state index contributed by atoms with van der Waals surface area (Å²) in [5, 5.41) is 0. The molecule has 18 heavy (non-hydrogen) atoms. The third kappa shape index (κ3) is 2.33. The Kier molecular flexibility index (Phi) is 3.30. The normalized spacial score (nSPS) is 23.8. The van der Waals surface area contributed by atoms with E-state index >= 15 is 0 Å². The van der Waals surface area contributed by atoms with E-state index in [0.29, 0.717) is 18.4 Å². The molecule has 1 aliphatic rings. The van der Waals surface area contributed by atoms with Crippen LogP contribution in [-0.2, 0) is 0 Å². The van der Waals surface area contributed by atoms with Gasteiger partial charge >= 0.3 is 0 Å². The molecule has 1 fully saturated rings. The molecular weight excluding hydrogens is 242 g/mol. The van der Waals surface area contributed by atoms with Gasteiger partial charge in [-0.15, -0.1) is 0 Å². The van der Waals surface area contributed by atoms with E-state index in [-0.39, 0.29) is 18.5 Å². The number of likely N-dealkylation sites (tertiary alicyclic amines) is 1. The Morgan fingerprint density at radius 3 is 2.94 bits per heavy atom. The smallest absolute Gasteiger partial charge is 0.258 e. The number of piperidine rings is 1. The molecule has 1 saturated heterocycles. The first-order valence-electron chi connectivity index (χ1n) is 5.68. The van der Waals surface area contributed by atoms with Crippen LogP contribution < -0.4 is 5.56 Å². The van der Waals surface area contributed by atoms with Gasteiger partial charge < -0.3 is 9.88 Å². The molecule has 1 atom stereocenters. The van der Waals surface area contributed by atoms with E-state index in [9.17, 15) is 18.4 Å². The summed E-state index contributed by atoms with van der Waals surface area (Å²) in [5.41, 5.74) is -0.369. The lowest BCUT2D eigenvalue weighted by Crippen LogP contribution is -2.44. The summed E-state index contributed by atoms with van der Waals surface area (Å²) in [4.78, 5) is 26.0. The first kappa shape index (κ1) is 12.9. The SMILES string of the molecule is CN1CCC(F)(F)C(c2c[nH]c(=O)c(C=O)c2)C1. The molecule has 0 saturated carbocycles. The van der Waals surface area contributed by atoms with E-state index in [2.05, 4.69) is 4.98 Å². The van der Waals surface area contributed by atoms with Crippen molar-refractivity contribution in [1.82, 2.24) is 9.88 Å². The van der Waals surface area contributed by atoms with Gasteiger partial charge in [-0.25, -0.2) is 8.78 Å². The molecule has 2 heterocycles.